The van der Waals surface area contributed by atoms with Crippen molar-refractivity contribution in [3.05, 3.63) is 29.6 Å². The first-order valence-corrected chi connectivity index (χ1v) is 3.72. The second-order valence-electron chi connectivity index (χ2n) is 2.03. The van der Waals surface area contributed by atoms with Crippen molar-refractivity contribution in [3.8, 4) is 0 Å². The largest absolute Gasteiger partial charge is 0.505 e. The van der Waals surface area contributed by atoms with Gasteiger partial charge in [-0.1, -0.05) is 0 Å². The number of halogens is 1. The standard InChI is InChI=1S/C7H3FO3S/c8-6-2-1-4(12-11)3-5(6)7(9)10/h1-3H/p+1. The van der Waals surface area contributed by atoms with Gasteiger partial charge in [0.05, 0.1) is 0 Å². The summed E-state index contributed by atoms with van der Waals surface area (Å²) in [5, 5.41) is 8.43. The van der Waals surface area contributed by atoms with E-state index in [9.17, 15) is 13.4 Å². The van der Waals surface area contributed by atoms with Gasteiger partial charge in [-0.25, -0.2) is 9.18 Å². The fourth-order valence-electron chi connectivity index (χ4n) is 0.720. The van der Waals surface area contributed by atoms with Crippen molar-refractivity contribution in [2.24, 2.45) is 0 Å². The molecular weight excluding hydrogens is 183 g/mol. The van der Waals surface area contributed by atoms with E-state index in [1.54, 1.807) is 0 Å². The van der Waals surface area contributed by atoms with Gasteiger partial charge in [0.25, 0.3) is 4.90 Å². The van der Waals surface area contributed by atoms with E-state index in [2.05, 4.69) is 0 Å². The number of benzene rings is 1. The zero-order chi connectivity index (χ0) is 9.14. The molecule has 0 atom stereocenters. The lowest BCUT2D eigenvalue weighted by Crippen LogP contribution is -2.00. The van der Waals surface area contributed by atoms with Gasteiger partial charge in [-0.05, 0) is 6.07 Å². The summed E-state index contributed by atoms with van der Waals surface area (Å²) in [6.07, 6.45) is 0. The van der Waals surface area contributed by atoms with Crippen molar-refractivity contribution in [2.75, 3.05) is 0 Å². The monoisotopic (exact) mass is 187 g/mol. The number of hydrogen-bond donors (Lipinski definition) is 1. The van der Waals surface area contributed by atoms with Crippen LogP contribution in [-0.2, 0) is 15.9 Å². The average Bonchev–Trinajstić information content (AvgIpc) is 2.05. The van der Waals surface area contributed by atoms with E-state index in [4.69, 9.17) is 5.11 Å². The third-order valence-electron chi connectivity index (χ3n) is 1.26. The van der Waals surface area contributed by atoms with Crippen LogP contribution in [0.5, 0.6) is 0 Å². The third-order valence-corrected chi connectivity index (χ3v) is 1.71. The third kappa shape index (κ3) is 1.62. The first-order chi connectivity index (χ1) is 5.65. The predicted molar refractivity (Wildman–Crippen MR) is 39.7 cm³/mol. The molecule has 1 N–H and O–H groups in total. The molecule has 1 rings (SSSR count). The van der Waals surface area contributed by atoms with E-state index in [0.29, 0.717) is 0 Å². The van der Waals surface area contributed by atoms with E-state index in [-0.39, 0.29) is 16.6 Å². The molecule has 0 radical (unpaired) electrons. The lowest BCUT2D eigenvalue weighted by atomic mass is 10.2. The molecule has 0 bridgehead atoms. The van der Waals surface area contributed by atoms with E-state index in [0.717, 1.165) is 12.1 Å². The first-order valence-electron chi connectivity index (χ1n) is 2.98. The molecule has 3 nitrogen and oxygen atoms in total. The van der Waals surface area contributed by atoms with E-state index < -0.39 is 17.3 Å². The van der Waals surface area contributed by atoms with E-state index >= 15 is 0 Å². The Morgan fingerprint density at radius 3 is 2.67 bits per heavy atom. The highest BCUT2D eigenvalue weighted by molar-refractivity contribution is 7.65. The van der Waals surface area contributed by atoms with Gasteiger partial charge < -0.3 is 5.11 Å². The minimum absolute atomic E-state index is 0.129. The summed E-state index contributed by atoms with van der Waals surface area (Å²) in [4.78, 5) is 10.5. The smallest absolute Gasteiger partial charge is 0.478 e. The van der Waals surface area contributed by atoms with Gasteiger partial charge in [0.1, 0.15) is 11.4 Å². The zero-order valence-electron chi connectivity index (χ0n) is 5.78. The summed E-state index contributed by atoms with van der Waals surface area (Å²) in [5.74, 6) is -2.20. The van der Waals surface area contributed by atoms with Crippen LogP contribution in [-0.4, -0.2) is 11.1 Å². The maximum absolute atomic E-state index is 12.7. The van der Waals surface area contributed by atoms with Crippen LogP contribution >= 0.6 is 0 Å². The average molecular weight is 187 g/mol. The summed E-state index contributed by atoms with van der Waals surface area (Å²) in [5.41, 5.74) is -0.476. The molecule has 0 aliphatic heterocycles. The van der Waals surface area contributed by atoms with Crippen LogP contribution in [0.25, 0.3) is 0 Å². The number of rotatable bonds is 2. The Bertz CT molecular complexity index is 337. The second-order valence-corrected chi connectivity index (χ2v) is 2.67. The number of aromatic carboxylic acids is 1. The zero-order valence-corrected chi connectivity index (χ0v) is 6.60. The van der Waals surface area contributed by atoms with Crippen molar-refractivity contribution in [2.45, 2.75) is 4.90 Å². The molecule has 1 aromatic carbocycles. The Hall–Kier alpha value is -1.36. The maximum Gasteiger partial charge on any atom is 0.505 e. The van der Waals surface area contributed by atoms with Crippen LogP contribution in [0.1, 0.15) is 10.4 Å². The van der Waals surface area contributed by atoms with Crippen molar-refractivity contribution in [3.63, 3.8) is 0 Å². The molecule has 0 amide bonds. The van der Waals surface area contributed by atoms with Crippen LogP contribution in [0.15, 0.2) is 23.1 Å². The van der Waals surface area contributed by atoms with Gasteiger partial charge in [0.15, 0.2) is 0 Å². The van der Waals surface area contributed by atoms with Gasteiger partial charge in [-0.3, -0.25) is 0 Å². The highest BCUT2D eigenvalue weighted by Gasteiger charge is 2.15. The van der Waals surface area contributed by atoms with Crippen molar-refractivity contribution in [1.29, 1.82) is 0 Å². The summed E-state index contributed by atoms with van der Waals surface area (Å²) in [6, 6.07) is 3.21. The van der Waals surface area contributed by atoms with Crippen molar-refractivity contribution >= 4 is 17.6 Å². The normalized spacial score (nSPS) is 9.42. The fraction of sp³-hybridized carbons (Fsp3) is 0. The summed E-state index contributed by atoms with van der Waals surface area (Å²) in [7, 11) is 0. The minimum atomic E-state index is -1.37. The number of carboxylic acids is 1. The fourth-order valence-corrected chi connectivity index (χ4v) is 1.01. The van der Waals surface area contributed by atoms with E-state index in [1.165, 1.54) is 6.07 Å². The van der Waals surface area contributed by atoms with Gasteiger partial charge in [0, 0.05) is 16.3 Å². The maximum atomic E-state index is 12.7. The van der Waals surface area contributed by atoms with Crippen LogP contribution < -0.4 is 0 Å². The second kappa shape index (κ2) is 3.36. The number of carboxylic acid groups (broad SMARTS) is 1. The topological polar surface area (TPSA) is 54.4 Å². The minimum Gasteiger partial charge on any atom is -0.478 e. The molecule has 0 heterocycles. The molecule has 12 heavy (non-hydrogen) atoms. The Morgan fingerprint density at radius 2 is 2.17 bits per heavy atom. The van der Waals surface area contributed by atoms with Crippen LogP contribution in [0.4, 0.5) is 4.39 Å². The lowest BCUT2D eigenvalue weighted by molar-refractivity contribution is 0.0691. The summed E-state index contributed by atoms with van der Waals surface area (Å²) >= 11 is 0.129. The molecule has 62 valence electrons. The van der Waals surface area contributed by atoms with Gasteiger partial charge in [-0.15, -0.1) is 0 Å². The van der Waals surface area contributed by atoms with Gasteiger partial charge in [-0.2, -0.15) is 0 Å². The molecule has 0 aliphatic carbocycles. The molecular formula is C7H4FO3S+. The summed E-state index contributed by atoms with van der Waals surface area (Å²) < 4.78 is 22.9. The van der Waals surface area contributed by atoms with Crippen LogP contribution in [0.2, 0.25) is 0 Å². The van der Waals surface area contributed by atoms with Crippen LogP contribution in [0, 0.1) is 5.82 Å². The molecule has 0 unspecified atom stereocenters. The number of carbonyl (C=O) groups is 1. The molecule has 0 spiro atoms. The Morgan fingerprint density at radius 1 is 1.50 bits per heavy atom. The molecule has 0 aliphatic rings. The highest BCUT2D eigenvalue weighted by Crippen LogP contribution is 2.10. The van der Waals surface area contributed by atoms with Gasteiger partial charge in [0.2, 0.25) is 0 Å². The molecule has 0 saturated heterocycles. The summed E-state index contributed by atoms with van der Waals surface area (Å²) in [6.45, 7) is 0. The SMILES string of the molecule is O=[S+]c1ccc(F)c(C(=O)O)c1. The highest BCUT2D eigenvalue weighted by atomic mass is 32.1. The Labute approximate surface area is 71.3 Å². The van der Waals surface area contributed by atoms with E-state index in [1.807, 2.05) is 0 Å². The Kier molecular flexibility index (Phi) is 2.44. The molecule has 0 saturated carbocycles. The van der Waals surface area contributed by atoms with Crippen molar-refractivity contribution in [1.82, 2.24) is 0 Å². The first kappa shape index (κ1) is 8.73. The quantitative estimate of drug-likeness (QED) is 0.710. The predicted octanol–water partition coefficient (Wildman–Crippen LogP) is 1.31. The molecule has 0 aromatic heterocycles. The van der Waals surface area contributed by atoms with Gasteiger partial charge >= 0.3 is 17.6 Å². The van der Waals surface area contributed by atoms with Crippen LogP contribution in [0.3, 0.4) is 0 Å². The number of hydrogen-bond acceptors (Lipinski definition) is 2. The molecule has 5 heteroatoms. The molecule has 1 aromatic rings. The lowest BCUT2D eigenvalue weighted by Gasteiger charge is -1.92. The van der Waals surface area contributed by atoms with Crippen molar-refractivity contribution < 1.29 is 18.5 Å². The molecule has 0 fully saturated rings. The Balaban J connectivity index is 3.25.